The maximum atomic E-state index is 14.1. The normalized spacial score (nSPS) is 12.3. The third-order valence-corrected chi connectivity index (χ3v) is 18.5. The van der Waals surface area contributed by atoms with E-state index in [1.54, 1.807) is 111 Å². The summed E-state index contributed by atoms with van der Waals surface area (Å²) in [7, 11) is -2.12. The Morgan fingerprint density at radius 1 is 0.337 bits per heavy atom. The number of aliphatic hydroxyl groups excluding tert-OH is 2. The second-order valence-corrected chi connectivity index (χ2v) is 26.1. The largest absolute Gasteiger partial charge is 0.497 e. The molecule has 17 nitrogen and oxygen atoms in total. The van der Waals surface area contributed by atoms with Gasteiger partial charge in [-0.15, -0.1) is 0 Å². The average Bonchev–Trinajstić information content (AvgIpc) is 3.71. The highest BCUT2D eigenvalue weighted by Gasteiger charge is 2.30. The Hall–Kier alpha value is -8.07. The summed E-state index contributed by atoms with van der Waals surface area (Å²) in [6.45, 7) is 0.728. The Labute approximate surface area is 518 Å². The molecule has 0 fully saturated rings. The molecule has 2 atom stereocenters. The van der Waals surface area contributed by atoms with E-state index in [9.17, 15) is 53.0 Å². The summed E-state index contributed by atoms with van der Waals surface area (Å²) < 4.78 is 166. The molecule has 0 aliphatic carbocycles. The SMILES string of the molecule is COc1ccc(CN(Cc2ccc(OC)cc2)S(=O)(=O)C[C@@H](O)c2ccc(F)cc2F)cc1.COc1ccc(CN(Cc2ccc(OC)cc2)S(=O)(=O)C[C@H](O)c2ccc(F)cc2F)cc1.COc1ccc(CN(Cc2ccc(OC)cc2)S(C)(=O)=O)cc1. The van der Waals surface area contributed by atoms with Crippen LogP contribution in [-0.4, -0.2) is 109 Å². The van der Waals surface area contributed by atoms with Gasteiger partial charge in [0.05, 0.1) is 72.6 Å². The lowest BCUT2D eigenvalue weighted by molar-refractivity contribution is 0.193. The van der Waals surface area contributed by atoms with Crippen molar-refractivity contribution in [3.63, 3.8) is 0 Å². The van der Waals surface area contributed by atoms with Crippen LogP contribution in [0.25, 0.3) is 0 Å². The van der Waals surface area contributed by atoms with Crippen LogP contribution >= 0.6 is 0 Å². The molecule has 0 aromatic heterocycles. The molecule has 8 rings (SSSR count). The zero-order chi connectivity index (χ0) is 64.9. The number of rotatable bonds is 27. The van der Waals surface area contributed by atoms with E-state index in [0.717, 1.165) is 46.9 Å². The van der Waals surface area contributed by atoms with Crippen molar-refractivity contribution in [2.24, 2.45) is 0 Å². The molecule has 0 heterocycles. The molecule has 476 valence electrons. The van der Waals surface area contributed by atoms with E-state index < -0.39 is 77.1 Å². The van der Waals surface area contributed by atoms with Crippen LogP contribution in [0.4, 0.5) is 17.6 Å². The van der Waals surface area contributed by atoms with Crippen molar-refractivity contribution in [3.8, 4) is 34.5 Å². The molecule has 0 radical (unpaired) electrons. The zero-order valence-electron chi connectivity index (χ0n) is 50.0. The Balaban J connectivity index is 0.000000217. The molecule has 2 N–H and O–H groups in total. The van der Waals surface area contributed by atoms with Gasteiger partial charge in [0.2, 0.25) is 30.1 Å². The Kier molecular flexibility index (Phi) is 25.9. The van der Waals surface area contributed by atoms with Gasteiger partial charge in [-0.05, 0) is 118 Å². The lowest BCUT2D eigenvalue weighted by atomic mass is 10.1. The van der Waals surface area contributed by atoms with Crippen LogP contribution < -0.4 is 28.4 Å². The van der Waals surface area contributed by atoms with E-state index in [2.05, 4.69) is 0 Å². The Bertz CT molecular complexity index is 3520. The molecule has 89 heavy (non-hydrogen) atoms. The number of methoxy groups -OCH3 is 6. The quantitative estimate of drug-likeness (QED) is 0.0459. The van der Waals surface area contributed by atoms with Gasteiger partial charge in [0.1, 0.15) is 57.8 Å². The molecular formula is C65H71F4N3O14S3. The minimum Gasteiger partial charge on any atom is -0.497 e. The standard InChI is InChI=1S/2C24H25F2NO5S.C17H21NO4S/c2*1-31-20-8-3-17(4-9-20)14-27(15-18-5-10-21(32-2)11-6-18)33(29,30)16-24(28)22-12-7-19(25)13-23(22)26;1-21-16-8-4-14(5-9-16)12-18(23(3,19)20)13-15-6-10-17(22-2)11-7-15/h2*3-13,24,28H,14-16H2,1-2H3;4-11H,12-13H2,1-3H3/t2*24-;/m10./s1. The van der Waals surface area contributed by atoms with Gasteiger partial charge in [0.15, 0.2) is 0 Å². The van der Waals surface area contributed by atoms with E-state index in [4.69, 9.17) is 28.4 Å². The summed E-state index contributed by atoms with van der Waals surface area (Å²) in [5.74, 6) is -1.15. The van der Waals surface area contributed by atoms with Crippen molar-refractivity contribution in [3.05, 3.63) is 250 Å². The first-order valence-electron chi connectivity index (χ1n) is 27.3. The molecule has 0 spiro atoms. The van der Waals surface area contributed by atoms with Crippen molar-refractivity contribution in [1.82, 2.24) is 12.9 Å². The number of hydrogen-bond donors (Lipinski definition) is 2. The summed E-state index contributed by atoms with van der Waals surface area (Å²) in [6, 6.07) is 47.7. The number of nitrogens with zero attached hydrogens (tertiary/aromatic N) is 3. The van der Waals surface area contributed by atoms with Gasteiger partial charge in [-0.1, -0.05) is 84.9 Å². The number of sulfonamides is 3. The summed E-state index contributed by atoms with van der Waals surface area (Å²) in [6.07, 6.45) is -2.10. The Morgan fingerprint density at radius 2 is 0.539 bits per heavy atom. The van der Waals surface area contributed by atoms with Gasteiger partial charge in [0.25, 0.3) is 0 Å². The molecule has 24 heteroatoms. The van der Waals surface area contributed by atoms with Gasteiger partial charge < -0.3 is 38.6 Å². The molecule has 0 bridgehead atoms. The second kappa shape index (κ2) is 33.0. The zero-order valence-corrected chi connectivity index (χ0v) is 52.5. The van der Waals surface area contributed by atoms with Crippen molar-refractivity contribution >= 4 is 30.1 Å². The summed E-state index contributed by atoms with van der Waals surface area (Å²) >= 11 is 0. The predicted octanol–water partition coefficient (Wildman–Crippen LogP) is 10.8. The highest BCUT2D eigenvalue weighted by molar-refractivity contribution is 7.89. The van der Waals surface area contributed by atoms with E-state index in [1.807, 2.05) is 48.5 Å². The van der Waals surface area contributed by atoms with Crippen LogP contribution in [0.2, 0.25) is 0 Å². The van der Waals surface area contributed by atoms with Gasteiger partial charge >= 0.3 is 0 Å². The van der Waals surface area contributed by atoms with E-state index in [1.165, 1.54) is 47.6 Å². The molecule has 8 aromatic carbocycles. The lowest BCUT2D eigenvalue weighted by Gasteiger charge is -2.24. The number of aliphatic hydroxyl groups is 2. The molecule has 8 aromatic rings. The smallest absolute Gasteiger partial charge is 0.217 e. The first-order chi connectivity index (χ1) is 42.3. The highest BCUT2D eigenvalue weighted by Crippen LogP contribution is 2.28. The molecule has 0 unspecified atom stereocenters. The van der Waals surface area contributed by atoms with Crippen LogP contribution in [0.15, 0.2) is 182 Å². The topological polar surface area (TPSA) is 208 Å². The fraction of sp³-hybridized carbons (Fsp3) is 0.262. The molecule has 0 saturated heterocycles. The van der Waals surface area contributed by atoms with Gasteiger partial charge in [-0.25, -0.2) is 42.8 Å². The van der Waals surface area contributed by atoms with Crippen LogP contribution in [-0.2, 0) is 69.3 Å². The number of hydrogen-bond acceptors (Lipinski definition) is 14. The fourth-order valence-corrected chi connectivity index (χ4v) is 12.5. The van der Waals surface area contributed by atoms with Crippen LogP contribution in [0, 0.1) is 23.3 Å². The number of halogens is 4. The minimum absolute atomic E-state index is 0.0248. The third-order valence-electron chi connectivity index (χ3n) is 13.7. The second-order valence-electron chi connectivity index (χ2n) is 20.1. The van der Waals surface area contributed by atoms with Crippen LogP contribution in [0.1, 0.15) is 56.7 Å². The molecule has 0 aliphatic heterocycles. The van der Waals surface area contributed by atoms with Crippen molar-refractivity contribution in [1.29, 1.82) is 0 Å². The molecular weight excluding hydrogens is 1220 g/mol. The Morgan fingerprint density at radius 3 is 0.719 bits per heavy atom. The summed E-state index contributed by atoms with van der Waals surface area (Å²) in [4.78, 5) is 0. The lowest BCUT2D eigenvalue weighted by Crippen LogP contribution is -2.34. The van der Waals surface area contributed by atoms with Crippen molar-refractivity contribution in [2.45, 2.75) is 51.5 Å². The monoisotopic (exact) mass is 1290 g/mol. The van der Waals surface area contributed by atoms with Crippen molar-refractivity contribution in [2.75, 3.05) is 60.4 Å². The van der Waals surface area contributed by atoms with Gasteiger partial charge in [-0.2, -0.15) is 12.9 Å². The number of ether oxygens (including phenoxy) is 6. The van der Waals surface area contributed by atoms with E-state index >= 15 is 0 Å². The molecule has 0 saturated carbocycles. The minimum atomic E-state index is -4.06. The fourth-order valence-electron chi connectivity index (χ4n) is 8.74. The highest BCUT2D eigenvalue weighted by atomic mass is 32.2. The number of benzene rings is 8. The van der Waals surface area contributed by atoms with Crippen LogP contribution in [0.5, 0.6) is 34.5 Å². The summed E-state index contributed by atoms with van der Waals surface area (Å²) in [5.41, 5.74) is 4.06. The van der Waals surface area contributed by atoms with Gasteiger partial charge in [0, 0.05) is 62.5 Å². The summed E-state index contributed by atoms with van der Waals surface area (Å²) in [5, 5.41) is 20.9. The average molecular weight is 1290 g/mol. The first-order valence-corrected chi connectivity index (χ1v) is 32.4. The third kappa shape index (κ3) is 21.6. The molecule has 0 aliphatic rings. The van der Waals surface area contributed by atoms with E-state index in [-0.39, 0.29) is 37.3 Å². The van der Waals surface area contributed by atoms with Crippen molar-refractivity contribution < 1.29 is 81.4 Å². The maximum Gasteiger partial charge on any atom is 0.217 e. The van der Waals surface area contributed by atoms with Gasteiger partial charge in [-0.3, -0.25) is 0 Å². The predicted molar refractivity (Wildman–Crippen MR) is 331 cm³/mol. The first kappa shape index (κ1) is 70.0. The maximum absolute atomic E-state index is 14.1. The van der Waals surface area contributed by atoms with Crippen LogP contribution in [0.3, 0.4) is 0 Å². The van der Waals surface area contributed by atoms with E-state index in [0.29, 0.717) is 70.5 Å². The molecule has 0 amide bonds.